The van der Waals surface area contributed by atoms with Crippen LogP contribution in [0.3, 0.4) is 0 Å². The molecule has 0 spiro atoms. The lowest BCUT2D eigenvalue weighted by Crippen LogP contribution is -2.14. The van der Waals surface area contributed by atoms with E-state index < -0.39 is 7.82 Å². The van der Waals surface area contributed by atoms with Gasteiger partial charge in [-0.1, -0.05) is 6.92 Å². The van der Waals surface area contributed by atoms with E-state index in [-0.39, 0.29) is 18.8 Å². The summed E-state index contributed by atoms with van der Waals surface area (Å²) in [7, 11) is -4.34. The van der Waals surface area contributed by atoms with Crippen molar-refractivity contribution in [2.45, 2.75) is 32.5 Å². The average molecular weight is 210 g/mol. The highest BCUT2D eigenvalue weighted by Crippen LogP contribution is 2.37. The van der Waals surface area contributed by atoms with E-state index in [1.165, 1.54) is 0 Å². The molecule has 0 aromatic heterocycles. The Morgan fingerprint density at radius 2 is 2.15 bits per heavy atom. The van der Waals surface area contributed by atoms with Gasteiger partial charge in [0.1, 0.15) is 0 Å². The minimum atomic E-state index is -4.34. The van der Waals surface area contributed by atoms with E-state index in [0.29, 0.717) is 5.92 Å². The zero-order valence-corrected chi connectivity index (χ0v) is 8.61. The van der Waals surface area contributed by atoms with Crippen LogP contribution in [0.1, 0.15) is 20.3 Å². The molecule has 0 saturated carbocycles. The van der Waals surface area contributed by atoms with Crippen molar-refractivity contribution in [3.63, 3.8) is 0 Å². The van der Waals surface area contributed by atoms with Gasteiger partial charge in [-0.25, -0.2) is 4.57 Å². The summed E-state index contributed by atoms with van der Waals surface area (Å²) in [5.74, 6) is 0.422. The maximum atomic E-state index is 10.4. The maximum Gasteiger partial charge on any atom is 0.469 e. The first kappa shape index (κ1) is 11.1. The standard InChI is InChI=1S/C7H15O5P/c1-5-3-7(12-6(5)2)4-11-13(8,9)10/h5-7H,3-4H2,1-2H3,(H2,8,9,10)/t5-,6+,7+/m1/s1. The van der Waals surface area contributed by atoms with E-state index in [9.17, 15) is 4.57 Å². The quantitative estimate of drug-likeness (QED) is 0.677. The number of ether oxygens (including phenoxy) is 1. The van der Waals surface area contributed by atoms with E-state index >= 15 is 0 Å². The zero-order valence-electron chi connectivity index (χ0n) is 7.71. The molecule has 13 heavy (non-hydrogen) atoms. The average Bonchev–Trinajstić information content (AvgIpc) is 2.27. The molecule has 1 heterocycles. The maximum absolute atomic E-state index is 10.4. The van der Waals surface area contributed by atoms with Crippen molar-refractivity contribution in [1.29, 1.82) is 0 Å². The van der Waals surface area contributed by atoms with Crippen molar-refractivity contribution < 1.29 is 23.6 Å². The summed E-state index contributed by atoms with van der Waals surface area (Å²) in [6.07, 6.45) is 0.754. The Hall–Kier alpha value is 0.0700. The summed E-state index contributed by atoms with van der Waals surface area (Å²) >= 11 is 0. The van der Waals surface area contributed by atoms with Crippen LogP contribution >= 0.6 is 7.82 Å². The van der Waals surface area contributed by atoms with Crippen LogP contribution in [0.4, 0.5) is 0 Å². The molecule has 1 aliphatic rings. The number of hydrogen-bond donors (Lipinski definition) is 2. The molecule has 0 aromatic carbocycles. The molecular weight excluding hydrogens is 195 g/mol. The third kappa shape index (κ3) is 3.75. The topological polar surface area (TPSA) is 76.0 Å². The lowest BCUT2D eigenvalue weighted by Gasteiger charge is -2.11. The normalized spacial score (nSPS) is 35.2. The molecule has 0 bridgehead atoms. The fourth-order valence-electron chi connectivity index (χ4n) is 1.39. The Balaban J connectivity index is 2.29. The van der Waals surface area contributed by atoms with Crippen LogP contribution in [0.15, 0.2) is 0 Å². The Kier molecular flexibility index (Phi) is 3.49. The number of phosphoric ester groups is 1. The molecule has 0 aliphatic carbocycles. The van der Waals surface area contributed by atoms with Crippen LogP contribution in [0, 0.1) is 5.92 Å². The molecular formula is C7H15O5P. The van der Waals surface area contributed by atoms with Gasteiger partial charge in [0.2, 0.25) is 0 Å². The van der Waals surface area contributed by atoms with E-state index in [2.05, 4.69) is 4.52 Å². The molecule has 1 aliphatic heterocycles. The summed E-state index contributed by atoms with van der Waals surface area (Å²) in [6, 6.07) is 0. The number of hydrogen-bond acceptors (Lipinski definition) is 3. The molecule has 1 fully saturated rings. The molecule has 6 heteroatoms. The molecule has 2 N–H and O–H groups in total. The van der Waals surface area contributed by atoms with Gasteiger partial charge in [-0.05, 0) is 19.3 Å². The van der Waals surface area contributed by atoms with Crippen LogP contribution < -0.4 is 0 Å². The van der Waals surface area contributed by atoms with Gasteiger partial charge in [-0.2, -0.15) is 0 Å². The Bertz CT molecular complexity index is 203. The van der Waals surface area contributed by atoms with E-state index in [0.717, 1.165) is 6.42 Å². The van der Waals surface area contributed by atoms with Gasteiger partial charge >= 0.3 is 7.82 Å². The van der Waals surface area contributed by atoms with Crippen molar-refractivity contribution in [1.82, 2.24) is 0 Å². The molecule has 0 aromatic rings. The second-order valence-corrected chi connectivity index (χ2v) is 4.70. The minimum Gasteiger partial charge on any atom is -0.373 e. The molecule has 3 atom stereocenters. The predicted octanol–water partition coefficient (Wildman–Crippen LogP) is 0.909. The first-order valence-electron chi connectivity index (χ1n) is 4.24. The summed E-state index contributed by atoms with van der Waals surface area (Å²) in [6.45, 7) is 3.96. The minimum absolute atomic E-state index is 0.0288. The van der Waals surface area contributed by atoms with Gasteiger partial charge in [0, 0.05) is 0 Å². The van der Waals surface area contributed by atoms with Crippen LogP contribution in [0.5, 0.6) is 0 Å². The van der Waals surface area contributed by atoms with Gasteiger partial charge in [-0.3, -0.25) is 4.52 Å². The second kappa shape index (κ2) is 4.07. The molecule has 1 saturated heterocycles. The van der Waals surface area contributed by atoms with Crippen molar-refractivity contribution in [2.24, 2.45) is 5.92 Å². The van der Waals surface area contributed by atoms with Gasteiger partial charge in [0.15, 0.2) is 0 Å². The van der Waals surface area contributed by atoms with Crippen LogP contribution in [0.2, 0.25) is 0 Å². The fourth-order valence-corrected chi connectivity index (χ4v) is 1.75. The highest BCUT2D eigenvalue weighted by molar-refractivity contribution is 7.46. The molecule has 78 valence electrons. The van der Waals surface area contributed by atoms with Gasteiger partial charge in [-0.15, -0.1) is 0 Å². The summed E-state index contributed by atoms with van der Waals surface area (Å²) in [5, 5.41) is 0. The Morgan fingerprint density at radius 1 is 1.54 bits per heavy atom. The SMILES string of the molecule is C[C@@H]1C[C@@H](COP(=O)(O)O)O[C@H]1C. The third-order valence-corrected chi connectivity index (χ3v) is 2.76. The van der Waals surface area contributed by atoms with Crippen molar-refractivity contribution in [2.75, 3.05) is 6.61 Å². The molecule has 0 unspecified atom stereocenters. The zero-order chi connectivity index (χ0) is 10.1. The lowest BCUT2D eigenvalue weighted by atomic mass is 10.0. The number of rotatable bonds is 3. The van der Waals surface area contributed by atoms with E-state index in [4.69, 9.17) is 14.5 Å². The monoisotopic (exact) mass is 210 g/mol. The second-order valence-electron chi connectivity index (χ2n) is 3.46. The van der Waals surface area contributed by atoms with Crippen molar-refractivity contribution in [3.8, 4) is 0 Å². The summed E-state index contributed by atoms with van der Waals surface area (Å²) in [5.41, 5.74) is 0. The first-order chi connectivity index (χ1) is 5.88. The van der Waals surface area contributed by atoms with Crippen LogP contribution in [-0.4, -0.2) is 28.6 Å². The molecule has 0 radical (unpaired) electrons. The summed E-state index contributed by atoms with van der Waals surface area (Å²) < 4.78 is 20.1. The highest BCUT2D eigenvalue weighted by Gasteiger charge is 2.30. The third-order valence-electron chi connectivity index (χ3n) is 2.27. The smallest absolute Gasteiger partial charge is 0.373 e. The Labute approximate surface area is 77.3 Å². The predicted molar refractivity (Wildman–Crippen MR) is 46.1 cm³/mol. The van der Waals surface area contributed by atoms with E-state index in [1.807, 2.05) is 13.8 Å². The van der Waals surface area contributed by atoms with Gasteiger partial charge in [0.05, 0.1) is 18.8 Å². The van der Waals surface area contributed by atoms with Crippen molar-refractivity contribution in [3.05, 3.63) is 0 Å². The highest BCUT2D eigenvalue weighted by atomic mass is 31.2. The largest absolute Gasteiger partial charge is 0.469 e. The van der Waals surface area contributed by atoms with E-state index in [1.54, 1.807) is 0 Å². The van der Waals surface area contributed by atoms with Gasteiger partial charge < -0.3 is 14.5 Å². The van der Waals surface area contributed by atoms with Crippen LogP contribution in [0.25, 0.3) is 0 Å². The fraction of sp³-hybridized carbons (Fsp3) is 1.00. The Morgan fingerprint density at radius 3 is 2.54 bits per heavy atom. The summed E-state index contributed by atoms with van der Waals surface area (Å²) in [4.78, 5) is 16.9. The van der Waals surface area contributed by atoms with Crippen LogP contribution in [-0.2, 0) is 13.8 Å². The van der Waals surface area contributed by atoms with Crippen molar-refractivity contribution >= 4 is 7.82 Å². The molecule has 1 rings (SSSR count). The number of phosphoric acid groups is 1. The lowest BCUT2D eigenvalue weighted by molar-refractivity contribution is 0.0140. The molecule has 5 nitrogen and oxygen atoms in total. The van der Waals surface area contributed by atoms with Gasteiger partial charge in [0.25, 0.3) is 0 Å². The first-order valence-corrected chi connectivity index (χ1v) is 5.77. The molecule has 0 amide bonds.